The highest BCUT2D eigenvalue weighted by molar-refractivity contribution is 6.30. The Kier molecular flexibility index (Phi) is 4.35. The minimum atomic E-state index is 0.260. The van der Waals surface area contributed by atoms with Gasteiger partial charge in [0.05, 0.1) is 0 Å². The van der Waals surface area contributed by atoms with Gasteiger partial charge in [0, 0.05) is 35.5 Å². The van der Waals surface area contributed by atoms with E-state index in [1.54, 1.807) is 0 Å². The average molecular weight is 301 g/mol. The zero-order valence-corrected chi connectivity index (χ0v) is 13.1. The highest BCUT2D eigenvalue weighted by atomic mass is 35.5. The Bertz CT molecular complexity index is 588. The number of benzene rings is 2. The van der Waals surface area contributed by atoms with Gasteiger partial charge in [0.25, 0.3) is 0 Å². The summed E-state index contributed by atoms with van der Waals surface area (Å²) in [4.78, 5) is 2.46. The Morgan fingerprint density at radius 1 is 1.05 bits per heavy atom. The van der Waals surface area contributed by atoms with Gasteiger partial charge in [0.2, 0.25) is 0 Å². The predicted octanol–water partition coefficient (Wildman–Crippen LogP) is 5.11. The maximum absolute atomic E-state index is 5.94. The van der Waals surface area contributed by atoms with Crippen molar-refractivity contribution in [3.8, 4) is 0 Å². The van der Waals surface area contributed by atoms with Gasteiger partial charge < -0.3 is 10.2 Å². The van der Waals surface area contributed by atoms with E-state index in [2.05, 4.69) is 53.5 Å². The third-order valence-electron chi connectivity index (χ3n) is 4.07. The van der Waals surface area contributed by atoms with Gasteiger partial charge in [-0.2, -0.15) is 0 Å². The topological polar surface area (TPSA) is 15.3 Å². The minimum Gasteiger partial charge on any atom is -0.378 e. The maximum atomic E-state index is 5.94. The van der Waals surface area contributed by atoms with Crippen molar-refractivity contribution in [1.82, 2.24) is 0 Å². The molecule has 1 unspecified atom stereocenters. The maximum Gasteiger partial charge on any atom is 0.0485 e. The molecule has 0 saturated carbocycles. The van der Waals surface area contributed by atoms with Crippen LogP contribution < -0.4 is 10.2 Å². The van der Waals surface area contributed by atoms with Gasteiger partial charge in [0.1, 0.15) is 0 Å². The summed E-state index contributed by atoms with van der Waals surface area (Å²) in [5.41, 5.74) is 3.73. The van der Waals surface area contributed by atoms with Gasteiger partial charge in [0.15, 0.2) is 0 Å². The van der Waals surface area contributed by atoms with E-state index in [1.807, 2.05) is 12.1 Å². The molecule has 3 rings (SSSR count). The van der Waals surface area contributed by atoms with Crippen molar-refractivity contribution >= 4 is 23.0 Å². The molecule has 0 amide bonds. The van der Waals surface area contributed by atoms with Crippen molar-refractivity contribution in [3.05, 3.63) is 59.1 Å². The van der Waals surface area contributed by atoms with Crippen molar-refractivity contribution < 1.29 is 0 Å². The second kappa shape index (κ2) is 6.40. The molecule has 3 heteroatoms. The molecule has 2 aromatic rings. The summed E-state index contributed by atoms with van der Waals surface area (Å²) in [6.07, 6.45) is 2.61. The number of halogens is 1. The van der Waals surface area contributed by atoms with E-state index in [0.29, 0.717) is 0 Å². The van der Waals surface area contributed by atoms with Crippen molar-refractivity contribution in [2.24, 2.45) is 0 Å². The molecule has 2 nitrogen and oxygen atoms in total. The summed E-state index contributed by atoms with van der Waals surface area (Å²) >= 11 is 5.94. The Morgan fingerprint density at radius 2 is 1.76 bits per heavy atom. The second-order valence-electron chi connectivity index (χ2n) is 5.66. The average Bonchev–Trinajstić information content (AvgIpc) is 3.02. The van der Waals surface area contributed by atoms with E-state index in [0.717, 1.165) is 5.02 Å². The molecule has 1 N–H and O–H groups in total. The third kappa shape index (κ3) is 3.51. The van der Waals surface area contributed by atoms with Crippen LogP contribution in [0.2, 0.25) is 5.02 Å². The highest BCUT2D eigenvalue weighted by Gasteiger charge is 2.13. The fourth-order valence-corrected chi connectivity index (χ4v) is 2.98. The van der Waals surface area contributed by atoms with E-state index in [1.165, 1.54) is 42.9 Å². The second-order valence-corrected chi connectivity index (χ2v) is 6.10. The van der Waals surface area contributed by atoms with Crippen molar-refractivity contribution in [2.75, 3.05) is 23.3 Å². The van der Waals surface area contributed by atoms with Crippen LogP contribution in [0.25, 0.3) is 0 Å². The molecular formula is C18H21ClN2. The Hall–Kier alpha value is -1.67. The molecule has 0 aromatic heterocycles. The van der Waals surface area contributed by atoms with E-state index < -0.39 is 0 Å². The van der Waals surface area contributed by atoms with Gasteiger partial charge in [-0.25, -0.2) is 0 Å². The SMILES string of the molecule is CC(Nc1cccc(N2CCCC2)c1)c1ccc(Cl)cc1. The molecule has 0 bridgehead atoms. The highest BCUT2D eigenvalue weighted by Crippen LogP contribution is 2.26. The Morgan fingerprint density at radius 3 is 2.48 bits per heavy atom. The van der Waals surface area contributed by atoms with Crippen molar-refractivity contribution in [2.45, 2.75) is 25.8 Å². The quantitative estimate of drug-likeness (QED) is 0.843. The number of rotatable bonds is 4. The van der Waals surface area contributed by atoms with Gasteiger partial charge in [-0.05, 0) is 55.7 Å². The summed E-state index contributed by atoms with van der Waals surface area (Å²) in [6.45, 7) is 4.53. The zero-order valence-electron chi connectivity index (χ0n) is 12.3. The van der Waals surface area contributed by atoms with Crippen LogP contribution in [0.1, 0.15) is 31.4 Å². The fraction of sp³-hybridized carbons (Fsp3) is 0.333. The van der Waals surface area contributed by atoms with Gasteiger partial charge in [-0.1, -0.05) is 29.8 Å². The molecule has 1 aliphatic heterocycles. The van der Waals surface area contributed by atoms with Crippen LogP contribution in [0.15, 0.2) is 48.5 Å². The molecule has 0 radical (unpaired) electrons. The predicted molar refractivity (Wildman–Crippen MR) is 91.4 cm³/mol. The summed E-state index contributed by atoms with van der Waals surface area (Å²) < 4.78 is 0. The number of hydrogen-bond donors (Lipinski definition) is 1. The molecule has 1 fully saturated rings. The Balaban J connectivity index is 1.72. The Labute approximate surface area is 131 Å². The minimum absolute atomic E-state index is 0.260. The normalized spacial score (nSPS) is 16.0. The molecule has 1 atom stereocenters. The lowest BCUT2D eigenvalue weighted by atomic mass is 10.1. The fourth-order valence-electron chi connectivity index (χ4n) is 2.85. The summed E-state index contributed by atoms with van der Waals surface area (Å²) in [5, 5.41) is 4.35. The van der Waals surface area contributed by atoms with Crippen LogP contribution in [-0.2, 0) is 0 Å². The lowest BCUT2D eigenvalue weighted by Crippen LogP contribution is -2.17. The van der Waals surface area contributed by atoms with Gasteiger partial charge in [-0.3, -0.25) is 0 Å². The lowest BCUT2D eigenvalue weighted by molar-refractivity contribution is 0.883. The number of nitrogens with zero attached hydrogens (tertiary/aromatic N) is 1. The molecule has 1 heterocycles. The van der Waals surface area contributed by atoms with Crippen LogP contribution in [0.3, 0.4) is 0 Å². The molecule has 0 aliphatic carbocycles. The zero-order chi connectivity index (χ0) is 14.7. The molecule has 1 saturated heterocycles. The van der Waals surface area contributed by atoms with Crippen molar-refractivity contribution in [3.63, 3.8) is 0 Å². The standard InChI is InChI=1S/C18H21ClN2/c1-14(15-7-9-16(19)10-8-15)20-17-5-4-6-18(13-17)21-11-2-3-12-21/h4-10,13-14,20H,2-3,11-12H2,1H3. The van der Waals surface area contributed by atoms with E-state index in [4.69, 9.17) is 11.6 Å². The van der Waals surface area contributed by atoms with Crippen LogP contribution in [0.5, 0.6) is 0 Å². The van der Waals surface area contributed by atoms with Crippen molar-refractivity contribution in [1.29, 1.82) is 0 Å². The van der Waals surface area contributed by atoms with E-state index >= 15 is 0 Å². The molecule has 2 aromatic carbocycles. The molecule has 110 valence electrons. The first-order valence-corrected chi connectivity index (χ1v) is 7.97. The number of anilines is 2. The molecule has 1 aliphatic rings. The van der Waals surface area contributed by atoms with Gasteiger partial charge >= 0.3 is 0 Å². The monoisotopic (exact) mass is 300 g/mol. The first kappa shape index (κ1) is 14.3. The van der Waals surface area contributed by atoms with E-state index in [-0.39, 0.29) is 6.04 Å². The lowest BCUT2D eigenvalue weighted by Gasteiger charge is -2.20. The van der Waals surface area contributed by atoms with Crippen LogP contribution in [0, 0.1) is 0 Å². The van der Waals surface area contributed by atoms with Gasteiger partial charge in [-0.15, -0.1) is 0 Å². The number of hydrogen-bond acceptors (Lipinski definition) is 2. The van der Waals surface area contributed by atoms with E-state index in [9.17, 15) is 0 Å². The van der Waals surface area contributed by atoms with Crippen LogP contribution in [0.4, 0.5) is 11.4 Å². The largest absolute Gasteiger partial charge is 0.378 e. The van der Waals surface area contributed by atoms with Crippen LogP contribution in [-0.4, -0.2) is 13.1 Å². The molecular weight excluding hydrogens is 280 g/mol. The third-order valence-corrected chi connectivity index (χ3v) is 4.32. The molecule has 21 heavy (non-hydrogen) atoms. The summed E-state index contributed by atoms with van der Waals surface area (Å²) in [7, 11) is 0. The molecule has 0 spiro atoms. The summed E-state index contributed by atoms with van der Waals surface area (Å²) in [6, 6.07) is 17.0. The summed E-state index contributed by atoms with van der Waals surface area (Å²) in [5.74, 6) is 0. The first-order chi connectivity index (χ1) is 10.2. The van der Waals surface area contributed by atoms with Crippen LogP contribution >= 0.6 is 11.6 Å². The smallest absolute Gasteiger partial charge is 0.0485 e. The first-order valence-electron chi connectivity index (χ1n) is 7.59. The number of nitrogens with one attached hydrogen (secondary N) is 1.